The van der Waals surface area contributed by atoms with Crippen molar-refractivity contribution in [3.8, 4) is 0 Å². The van der Waals surface area contributed by atoms with E-state index < -0.39 is 0 Å². The Morgan fingerprint density at radius 1 is 1.26 bits per heavy atom. The Bertz CT molecular complexity index is 513. The third-order valence-corrected chi connectivity index (χ3v) is 4.08. The Kier molecular flexibility index (Phi) is 6.40. The molecule has 6 heteroatoms. The number of hydrogen-bond acceptors (Lipinski definition) is 3. The van der Waals surface area contributed by atoms with Crippen LogP contribution in [0.15, 0.2) is 30.3 Å². The van der Waals surface area contributed by atoms with Gasteiger partial charge in [-0.05, 0) is 19.4 Å². The normalized spacial score (nSPS) is 16.7. The Hall–Kier alpha value is -2.08. The highest BCUT2D eigenvalue weighted by atomic mass is 16.6. The second-order valence-electron chi connectivity index (χ2n) is 5.81. The van der Waals surface area contributed by atoms with Crippen LogP contribution in [0.25, 0.3) is 0 Å². The molecule has 126 valence electrons. The molecule has 1 atom stereocenters. The van der Waals surface area contributed by atoms with Crippen molar-refractivity contribution in [2.45, 2.75) is 19.9 Å². The lowest BCUT2D eigenvalue weighted by Crippen LogP contribution is -3.15. The molecule has 1 aromatic rings. The molecule has 2 N–H and O–H groups in total. The maximum atomic E-state index is 12.2. The summed E-state index contributed by atoms with van der Waals surface area (Å²) in [6.07, 6.45) is -0.256. The molecule has 0 bridgehead atoms. The molecule has 1 aliphatic rings. The first-order valence-corrected chi connectivity index (χ1v) is 8.19. The summed E-state index contributed by atoms with van der Waals surface area (Å²) in [5.41, 5.74) is 1.10. The van der Waals surface area contributed by atoms with E-state index in [1.165, 1.54) is 4.90 Å². The molecule has 2 amide bonds. The van der Waals surface area contributed by atoms with E-state index in [0.29, 0.717) is 26.2 Å². The molecule has 0 aliphatic carbocycles. The van der Waals surface area contributed by atoms with Gasteiger partial charge in [-0.15, -0.1) is 0 Å². The molecule has 1 heterocycles. The van der Waals surface area contributed by atoms with Crippen molar-refractivity contribution in [1.82, 2.24) is 10.2 Å². The highest BCUT2D eigenvalue weighted by molar-refractivity contribution is 5.77. The number of carbonyl (C=O) groups is 2. The third-order valence-electron chi connectivity index (χ3n) is 4.08. The molecule has 2 rings (SSSR count). The van der Waals surface area contributed by atoms with Gasteiger partial charge in [-0.3, -0.25) is 9.69 Å². The van der Waals surface area contributed by atoms with E-state index in [1.807, 2.05) is 37.3 Å². The summed E-state index contributed by atoms with van der Waals surface area (Å²) in [6, 6.07) is 9.93. The van der Waals surface area contributed by atoms with Crippen LogP contribution in [0.3, 0.4) is 0 Å². The minimum Gasteiger partial charge on any atom is -0.450 e. The topological polar surface area (TPSA) is 63.1 Å². The number of rotatable bonds is 5. The van der Waals surface area contributed by atoms with E-state index in [2.05, 4.69) is 5.32 Å². The smallest absolute Gasteiger partial charge is 0.410 e. The van der Waals surface area contributed by atoms with E-state index in [1.54, 1.807) is 11.8 Å². The van der Waals surface area contributed by atoms with Gasteiger partial charge in [0.25, 0.3) is 5.91 Å². The van der Waals surface area contributed by atoms with Gasteiger partial charge < -0.3 is 15.0 Å². The van der Waals surface area contributed by atoms with Gasteiger partial charge in [0, 0.05) is 0 Å². The zero-order valence-corrected chi connectivity index (χ0v) is 13.9. The van der Waals surface area contributed by atoms with Crippen LogP contribution in [0, 0.1) is 0 Å². The quantitative estimate of drug-likeness (QED) is 0.816. The molecule has 1 fully saturated rings. The average molecular weight is 320 g/mol. The fraction of sp³-hybridized carbons (Fsp3) is 0.529. The second kappa shape index (κ2) is 8.53. The summed E-state index contributed by atoms with van der Waals surface area (Å²) in [4.78, 5) is 26.7. The molecule has 0 aromatic heterocycles. The zero-order chi connectivity index (χ0) is 16.7. The predicted octanol–water partition coefficient (Wildman–Crippen LogP) is 0.221. The van der Waals surface area contributed by atoms with E-state index >= 15 is 0 Å². The first-order chi connectivity index (χ1) is 11.1. The minimum atomic E-state index is -0.256. The van der Waals surface area contributed by atoms with E-state index in [-0.39, 0.29) is 18.0 Å². The fourth-order valence-electron chi connectivity index (χ4n) is 2.74. The van der Waals surface area contributed by atoms with E-state index in [4.69, 9.17) is 4.74 Å². The number of amides is 2. The largest absolute Gasteiger partial charge is 0.450 e. The zero-order valence-electron chi connectivity index (χ0n) is 13.9. The van der Waals surface area contributed by atoms with Gasteiger partial charge in [-0.2, -0.15) is 0 Å². The first kappa shape index (κ1) is 17.3. The monoisotopic (exact) mass is 320 g/mol. The summed E-state index contributed by atoms with van der Waals surface area (Å²) < 4.78 is 5.00. The lowest BCUT2D eigenvalue weighted by molar-refractivity contribution is -0.896. The fourth-order valence-corrected chi connectivity index (χ4v) is 2.74. The molecule has 0 radical (unpaired) electrons. The molecule has 1 aliphatic heterocycles. The van der Waals surface area contributed by atoms with Gasteiger partial charge in [0.15, 0.2) is 6.54 Å². The number of quaternary nitrogens is 1. The molecule has 0 unspecified atom stereocenters. The standard InChI is InChI=1S/C17H25N3O3/c1-3-23-17(22)20-11-9-19(10-12-20)13-16(21)18-14(2)15-7-5-4-6-8-15/h4-8,14H,3,9-13H2,1-2H3,(H,18,21)/p+1/t14-/m0/s1. The first-order valence-electron chi connectivity index (χ1n) is 8.19. The van der Waals surface area contributed by atoms with Crippen LogP contribution in [-0.4, -0.2) is 56.2 Å². The highest BCUT2D eigenvalue weighted by Gasteiger charge is 2.26. The Morgan fingerprint density at radius 2 is 1.91 bits per heavy atom. The molecular weight excluding hydrogens is 294 g/mol. The number of hydrogen-bond donors (Lipinski definition) is 2. The van der Waals surface area contributed by atoms with Crippen molar-refractivity contribution in [3.05, 3.63) is 35.9 Å². The summed E-state index contributed by atoms with van der Waals surface area (Å²) in [6.45, 7) is 7.43. The van der Waals surface area contributed by atoms with Crippen molar-refractivity contribution >= 4 is 12.0 Å². The molecule has 1 aromatic carbocycles. The van der Waals surface area contributed by atoms with Crippen LogP contribution < -0.4 is 10.2 Å². The predicted molar refractivity (Wildman–Crippen MR) is 87.2 cm³/mol. The second-order valence-corrected chi connectivity index (χ2v) is 5.81. The summed E-state index contributed by atoms with van der Waals surface area (Å²) in [7, 11) is 0. The Labute approximate surface area is 137 Å². The van der Waals surface area contributed by atoms with Crippen molar-refractivity contribution in [2.75, 3.05) is 39.3 Å². The van der Waals surface area contributed by atoms with Crippen molar-refractivity contribution in [3.63, 3.8) is 0 Å². The summed E-state index contributed by atoms with van der Waals surface area (Å²) in [5.74, 6) is 0.0425. The van der Waals surface area contributed by atoms with Crippen LogP contribution in [0.5, 0.6) is 0 Å². The van der Waals surface area contributed by atoms with Crippen molar-refractivity contribution in [1.29, 1.82) is 0 Å². The Morgan fingerprint density at radius 3 is 2.52 bits per heavy atom. The Balaban J connectivity index is 1.73. The summed E-state index contributed by atoms with van der Waals surface area (Å²) >= 11 is 0. The molecule has 6 nitrogen and oxygen atoms in total. The summed E-state index contributed by atoms with van der Waals surface area (Å²) in [5, 5.41) is 3.03. The SMILES string of the molecule is CCOC(=O)N1CC[NH+](CC(=O)N[C@@H](C)c2ccccc2)CC1. The maximum absolute atomic E-state index is 12.2. The lowest BCUT2D eigenvalue weighted by Gasteiger charge is -2.31. The van der Waals surface area contributed by atoms with Gasteiger partial charge >= 0.3 is 6.09 Å². The maximum Gasteiger partial charge on any atom is 0.410 e. The molecule has 1 saturated heterocycles. The van der Waals surface area contributed by atoms with Gasteiger partial charge in [0.2, 0.25) is 0 Å². The average Bonchev–Trinajstić information content (AvgIpc) is 2.56. The number of benzene rings is 1. The van der Waals surface area contributed by atoms with Gasteiger partial charge in [-0.1, -0.05) is 30.3 Å². The number of piperazine rings is 1. The van der Waals surface area contributed by atoms with Crippen LogP contribution in [0.2, 0.25) is 0 Å². The van der Waals surface area contributed by atoms with Crippen molar-refractivity contribution in [2.24, 2.45) is 0 Å². The number of nitrogens with one attached hydrogen (secondary N) is 2. The van der Waals surface area contributed by atoms with Crippen LogP contribution in [-0.2, 0) is 9.53 Å². The number of carbonyl (C=O) groups excluding carboxylic acids is 2. The number of ether oxygens (including phenoxy) is 1. The highest BCUT2D eigenvalue weighted by Crippen LogP contribution is 2.10. The van der Waals surface area contributed by atoms with E-state index in [9.17, 15) is 9.59 Å². The molecule has 23 heavy (non-hydrogen) atoms. The molecule has 0 spiro atoms. The number of nitrogens with zero attached hydrogens (tertiary/aromatic N) is 1. The molecular formula is C17H26N3O3+. The van der Waals surface area contributed by atoms with Crippen LogP contribution in [0.1, 0.15) is 25.5 Å². The molecule has 0 saturated carbocycles. The van der Waals surface area contributed by atoms with Crippen LogP contribution >= 0.6 is 0 Å². The van der Waals surface area contributed by atoms with Gasteiger partial charge in [0.1, 0.15) is 0 Å². The lowest BCUT2D eigenvalue weighted by atomic mass is 10.1. The van der Waals surface area contributed by atoms with Crippen molar-refractivity contribution < 1.29 is 19.2 Å². The van der Waals surface area contributed by atoms with E-state index in [0.717, 1.165) is 18.7 Å². The van der Waals surface area contributed by atoms with Gasteiger partial charge in [-0.25, -0.2) is 4.79 Å². The van der Waals surface area contributed by atoms with Gasteiger partial charge in [0.05, 0.1) is 38.8 Å². The third kappa shape index (κ3) is 5.25. The minimum absolute atomic E-state index is 0.00363. The van der Waals surface area contributed by atoms with Crippen LogP contribution in [0.4, 0.5) is 4.79 Å².